The van der Waals surface area contributed by atoms with E-state index in [1.165, 1.54) is 14.2 Å². The molecule has 0 radical (unpaired) electrons. The van der Waals surface area contributed by atoms with Gasteiger partial charge >= 0.3 is 0 Å². The van der Waals surface area contributed by atoms with E-state index in [2.05, 4.69) is 9.93 Å². The van der Waals surface area contributed by atoms with Gasteiger partial charge in [0.2, 0.25) is 0 Å². The maximum atomic E-state index is 9.94. The number of hydrogen-bond acceptors (Lipinski definition) is 7. The summed E-state index contributed by atoms with van der Waals surface area (Å²) in [5, 5.41) is 23.0. The van der Waals surface area contributed by atoms with Crippen molar-refractivity contribution in [2.75, 3.05) is 14.2 Å². The van der Waals surface area contributed by atoms with Gasteiger partial charge in [0.1, 0.15) is 12.2 Å². The van der Waals surface area contributed by atoms with E-state index in [9.17, 15) is 10.4 Å². The van der Waals surface area contributed by atoms with E-state index in [4.69, 9.17) is 14.2 Å². The Balaban J connectivity index is 2.75. The molecule has 0 spiro atoms. The lowest BCUT2D eigenvalue weighted by Gasteiger charge is -2.41. The van der Waals surface area contributed by atoms with Gasteiger partial charge in [-0.25, -0.2) is 4.89 Å². The Morgan fingerprint density at radius 3 is 2.33 bits per heavy atom. The van der Waals surface area contributed by atoms with Crippen LogP contribution in [-0.4, -0.2) is 50.0 Å². The van der Waals surface area contributed by atoms with Crippen molar-refractivity contribution in [3.8, 4) is 0 Å². The molecule has 5 atom stereocenters. The maximum absolute atomic E-state index is 9.94. The van der Waals surface area contributed by atoms with Crippen LogP contribution in [0.25, 0.3) is 0 Å². The summed E-state index contributed by atoms with van der Waals surface area (Å²) in [4.78, 5) is 4.42. The molecular weight excluding hydrogens is 208 g/mol. The van der Waals surface area contributed by atoms with Crippen LogP contribution in [-0.2, 0) is 24.1 Å². The molecule has 0 aliphatic carbocycles. The minimum atomic E-state index is -0.927. The van der Waals surface area contributed by atoms with Crippen molar-refractivity contribution in [1.82, 2.24) is 0 Å². The molecule has 0 aromatic heterocycles. The second-order valence-corrected chi connectivity index (χ2v) is 3.27. The minimum absolute atomic E-state index is 0.480. The Bertz CT molecular complexity index is 188. The normalized spacial score (nSPS) is 41.8. The van der Waals surface area contributed by atoms with Crippen LogP contribution in [0.5, 0.6) is 0 Å². The van der Waals surface area contributed by atoms with Gasteiger partial charge < -0.3 is 24.6 Å². The molecule has 0 amide bonds. The molecule has 2 unspecified atom stereocenters. The highest BCUT2D eigenvalue weighted by Gasteiger charge is 2.45. The topological polar surface area (TPSA) is 89.4 Å². The van der Waals surface area contributed by atoms with Crippen LogP contribution in [0.3, 0.4) is 0 Å². The van der Waals surface area contributed by atoms with Gasteiger partial charge in [0, 0.05) is 14.2 Å². The minimum Gasteiger partial charge on any atom is -0.692 e. The Hall–Kier alpha value is -0.280. The second-order valence-electron chi connectivity index (χ2n) is 3.27. The second kappa shape index (κ2) is 5.71. The van der Waals surface area contributed by atoms with Crippen LogP contribution in [0.15, 0.2) is 0 Å². The van der Waals surface area contributed by atoms with Crippen LogP contribution in [0.1, 0.15) is 6.92 Å². The highest BCUT2D eigenvalue weighted by molar-refractivity contribution is 4.88. The number of rotatable bonds is 4. The van der Waals surface area contributed by atoms with E-state index >= 15 is 0 Å². The smallest absolute Gasteiger partial charge is 0.189 e. The Morgan fingerprint density at radius 1 is 1.20 bits per heavy atom. The maximum Gasteiger partial charge on any atom is 0.189 e. The molecule has 0 aromatic carbocycles. The van der Waals surface area contributed by atoms with E-state index < -0.39 is 30.7 Å². The molecule has 0 bridgehead atoms. The third kappa shape index (κ3) is 2.64. The SMILES string of the molecule is CO[C@@H]1OC(C)[C@@H](O)[C@H](OC)C1OO[O-]. The van der Waals surface area contributed by atoms with Gasteiger partial charge in [0.15, 0.2) is 12.4 Å². The Labute approximate surface area is 87.3 Å². The average Bonchev–Trinajstić information content (AvgIpc) is 2.24. The Morgan fingerprint density at radius 2 is 1.87 bits per heavy atom. The van der Waals surface area contributed by atoms with Crippen molar-refractivity contribution >= 4 is 0 Å². The quantitative estimate of drug-likeness (QED) is 0.451. The fraction of sp³-hybridized carbons (Fsp3) is 1.00. The molecule has 1 N–H and O–H groups in total. The highest BCUT2D eigenvalue weighted by atomic mass is 17.5. The lowest BCUT2D eigenvalue weighted by molar-refractivity contribution is -0.808. The van der Waals surface area contributed by atoms with E-state index in [1.54, 1.807) is 6.92 Å². The van der Waals surface area contributed by atoms with Gasteiger partial charge in [-0.15, -0.1) is 0 Å². The summed E-state index contributed by atoms with van der Waals surface area (Å²) >= 11 is 0. The zero-order chi connectivity index (χ0) is 11.4. The lowest BCUT2D eigenvalue weighted by Crippen LogP contribution is -2.59. The zero-order valence-electron chi connectivity index (χ0n) is 8.78. The molecule has 1 aliphatic heterocycles. The predicted molar refractivity (Wildman–Crippen MR) is 44.1 cm³/mol. The number of aliphatic hydroxyl groups is 1. The molecular formula is C8H15O7-. The van der Waals surface area contributed by atoms with Gasteiger partial charge in [-0.1, -0.05) is 0 Å². The van der Waals surface area contributed by atoms with E-state index in [-0.39, 0.29) is 0 Å². The summed E-state index contributed by atoms with van der Waals surface area (Å²) in [5.74, 6) is 0. The monoisotopic (exact) mass is 223 g/mol. The predicted octanol–water partition coefficient (Wildman–Crippen LogP) is -1.65. The summed E-state index contributed by atoms with van der Waals surface area (Å²) < 4.78 is 15.2. The number of methoxy groups -OCH3 is 2. The van der Waals surface area contributed by atoms with Gasteiger partial charge in [0.05, 0.1) is 6.10 Å². The number of hydrogen-bond donors (Lipinski definition) is 1. The molecule has 90 valence electrons. The third-order valence-corrected chi connectivity index (χ3v) is 2.41. The van der Waals surface area contributed by atoms with Crippen molar-refractivity contribution in [3.05, 3.63) is 0 Å². The van der Waals surface area contributed by atoms with Crippen LogP contribution < -0.4 is 5.26 Å². The molecule has 7 nitrogen and oxygen atoms in total. The molecule has 1 saturated heterocycles. The van der Waals surface area contributed by atoms with Crippen LogP contribution in [0.2, 0.25) is 0 Å². The highest BCUT2D eigenvalue weighted by Crippen LogP contribution is 2.25. The fourth-order valence-electron chi connectivity index (χ4n) is 1.59. The molecule has 1 aliphatic rings. The van der Waals surface area contributed by atoms with E-state index in [0.717, 1.165) is 0 Å². The third-order valence-electron chi connectivity index (χ3n) is 2.41. The van der Waals surface area contributed by atoms with Crippen molar-refractivity contribution in [2.45, 2.75) is 37.6 Å². The first-order chi connectivity index (χ1) is 7.15. The average molecular weight is 223 g/mol. The molecule has 15 heavy (non-hydrogen) atoms. The van der Waals surface area contributed by atoms with Crippen molar-refractivity contribution in [2.24, 2.45) is 0 Å². The summed E-state index contributed by atoms with van der Waals surface area (Å²) in [7, 11) is 2.78. The molecule has 0 aromatic rings. The first kappa shape index (κ1) is 12.8. The van der Waals surface area contributed by atoms with Crippen LogP contribution in [0, 0.1) is 0 Å². The van der Waals surface area contributed by atoms with Crippen molar-refractivity contribution < 1.29 is 34.5 Å². The van der Waals surface area contributed by atoms with E-state index in [1.807, 2.05) is 0 Å². The molecule has 1 fully saturated rings. The Kier molecular flexibility index (Phi) is 4.87. The van der Waals surface area contributed by atoms with Crippen molar-refractivity contribution in [1.29, 1.82) is 0 Å². The number of ether oxygens (including phenoxy) is 3. The summed E-state index contributed by atoms with van der Waals surface area (Å²) in [6.07, 6.45) is -3.88. The number of aliphatic hydroxyl groups excluding tert-OH is 1. The zero-order valence-corrected chi connectivity index (χ0v) is 8.78. The molecule has 0 saturated carbocycles. The largest absolute Gasteiger partial charge is 0.692 e. The standard InChI is InChI=1S/C8H16O7/c1-4-5(9)6(11-2)7(14-15-10)8(12-3)13-4/h4-10H,1-3H3/p-1/t4?,5-,6+,7?,8-/m1/s1. The summed E-state index contributed by atoms with van der Waals surface area (Å²) in [5.41, 5.74) is 0. The first-order valence-corrected chi connectivity index (χ1v) is 4.50. The summed E-state index contributed by atoms with van der Waals surface area (Å²) in [6.45, 7) is 1.66. The van der Waals surface area contributed by atoms with Gasteiger partial charge in [-0.2, -0.15) is 0 Å². The fourth-order valence-corrected chi connectivity index (χ4v) is 1.59. The first-order valence-electron chi connectivity index (χ1n) is 4.50. The van der Waals surface area contributed by atoms with E-state index in [0.29, 0.717) is 0 Å². The lowest BCUT2D eigenvalue weighted by atomic mass is 10.00. The van der Waals surface area contributed by atoms with Gasteiger partial charge in [-0.05, 0) is 6.92 Å². The summed E-state index contributed by atoms with van der Waals surface area (Å²) in [6, 6.07) is 0. The van der Waals surface area contributed by atoms with Gasteiger partial charge in [-0.3, -0.25) is 5.04 Å². The molecule has 7 heteroatoms. The van der Waals surface area contributed by atoms with Crippen LogP contribution in [0.4, 0.5) is 0 Å². The van der Waals surface area contributed by atoms with Crippen LogP contribution >= 0.6 is 0 Å². The molecule has 1 heterocycles. The molecule has 1 rings (SSSR count). The van der Waals surface area contributed by atoms with Gasteiger partial charge in [0.25, 0.3) is 0 Å². The van der Waals surface area contributed by atoms with Crippen molar-refractivity contribution in [3.63, 3.8) is 0 Å².